The predicted octanol–water partition coefficient (Wildman–Crippen LogP) is 3.89. The van der Waals surface area contributed by atoms with Crippen LogP contribution in [0.25, 0.3) is 0 Å². The number of rotatable bonds is 4. The van der Waals surface area contributed by atoms with Gasteiger partial charge in [0.1, 0.15) is 5.75 Å². The van der Waals surface area contributed by atoms with Crippen molar-refractivity contribution >= 4 is 31.9 Å². The van der Waals surface area contributed by atoms with Gasteiger partial charge in [0.05, 0.1) is 12.6 Å². The highest BCUT2D eigenvalue weighted by Crippen LogP contribution is 2.36. The molecule has 0 saturated carbocycles. The largest absolute Gasteiger partial charge is 0.493 e. The van der Waals surface area contributed by atoms with Crippen LogP contribution in [-0.2, 0) is 12.8 Å². The highest BCUT2D eigenvalue weighted by atomic mass is 79.9. The highest BCUT2D eigenvalue weighted by Gasteiger charge is 2.21. The second-order valence-corrected chi connectivity index (χ2v) is 6.87. The Labute approximate surface area is 141 Å². The van der Waals surface area contributed by atoms with E-state index in [4.69, 9.17) is 10.6 Å². The van der Waals surface area contributed by atoms with Gasteiger partial charge >= 0.3 is 0 Å². The van der Waals surface area contributed by atoms with E-state index < -0.39 is 0 Å². The van der Waals surface area contributed by atoms with Crippen LogP contribution in [0.5, 0.6) is 5.75 Å². The summed E-state index contributed by atoms with van der Waals surface area (Å²) in [6, 6.07) is 12.4. The first-order valence-corrected chi connectivity index (χ1v) is 8.42. The van der Waals surface area contributed by atoms with Gasteiger partial charge in [-0.3, -0.25) is 11.3 Å². The second kappa shape index (κ2) is 6.48. The topological polar surface area (TPSA) is 47.3 Å². The van der Waals surface area contributed by atoms with E-state index in [1.165, 1.54) is 11.1 Å². The van der Waals surface area contributed by atoms with Crippen molar-refractivity contribution in [1.29, 1.82) is 0 Å². The molecule has 3 nitrogen and oxygen atoms in total. The third-order valence-electron chi connectivity index (χ3n) is 3.73. The van der Waals surface area contributed by atoms with Crippen LogP contribution < -0.4 is 16.0 Å². The zero-order chi connectivity index (χ0) is 14.8. The minimum Gasteiger partial charge on any atom is -0.493 e. The molecule has 0 radical (unpaired) electrons. The van der Waals surface area contributed by atoms with Crippen molar-refractivity contribution in [3.05, 3.63) is 62.0 Å². The molecule has 1 atom stereocenters. The fraction of sp³-hybridized carbons (Fsp3) is 0.250. The number of fused-ring (bicyclic) bond motifs is 1. The molecule has 21 heavy (non-hydrogen) atoms. The number of hydrogen-bond donors (Lipinski definition) is 2. The molecule has 110 valence electrons. The van der Waals surface area contributed by atoms with Crippen molar-refractivity contribution in [2.45, 2.75) is 18.9 Å². The number of hydrogen-bond acceptors (Lipinski definition) is 3. The maximum Gasteiger partial charge on any atom is 0.125 e. The van der Waals surface area contributed by atoms with Crippen LogP contribution in [0.4, 0.5) is 0 Å². The second-order valence-electron chi connectivity index (χ2n) is 5.10. The summed E-state index contributed by atoms with van der Waals surface area (Å²) in [6.45, 7) is 0.758. The smallest absolute Gasteiger partial charge is 0.125 e. The number of benzene rings is 2. The number of halogens is 2. The van der Waals surface area contributed by atoms with Crippen LogP contribution in [0.2, 0.25) is 0 Å². The van der Waals surface area contributed by atoms with Gasteiger partial charge in [-0.05, 0) is 41.3 Å². The maximum atomic E-state index is 5.79. The summed E-state index contributed by atoms with van der Waals surface area (Å²) >= 11 is 7.17. The van der Waals surface area contributed by atoms with E-state index in [0.717, 1.165) is 39.7 Å². The Morgan fingerprint density at radius 1 is 1.24 bits per heavy atom. The van der Waals surface area contributed by atoms with E-state index in [9.17, 15) is 0 Å². The van der Waals surface area contributed by atoms with Gasteiger partial charge in [0.2, 0.25) is 0 Å². The number of ether oxygens (including phenoxy) is 1. The zero-order valence-corrected chi connectivity index (χ0v) is 14.6. The molecule has 1 aliphatic rings. The number of nitrogens with two attached hydrogens (primary N) is 1. The molecule has 3 rings (SSSR count). The quantitative estimate of drug-likeness (QED) is 0.592. The Morgan fingerprint density at radius 2 is 2.05 bits per heavy atom. The Kier molecular flexibility index (Phi) is 4.64. The van der Waals surface area contributed by atoms with Crippen LogP contribution in [-0.4, -0.2) is 6.61 Å². The normalized spacial score (nSPS) is 14.6. The van der Waals surface area contributed by atoms with Gasteiger partial charge in [-0.2, -0.15) is 0 Å². The molecule has 1 aliphatic heterocycles. The molecule has 0 bridgehead atoms. The summed E-state index contributed by atoms with van der Waals surface area (Å²) in [5.74, 6) is 6.80. The molecule has 0 amide bonds. The van der Waals surface area contributed by atoms with Gasteiger partial charge in [0, 0.05) is 15.4 Å². The third-order valence-corrected chi connectivity index (χ3v) is 4.91. The molecule has 0 fully saturated rings. The molecule has 0 aliphatic carbocycles. The molecular weight excluding hydrogens is 396 g/mol. The van der Waals surface area contributed by atoms with Crippen LogP contribution in [0, 0.1) is 0 Å². The first-order valence-electron chi connectivity index (χ1n) is 6.83. The monoisotopic (exact) mass is 410 g/mol. The fourth-order valence-corrected chi connectivity index (χ4v) is 3.85. The van der Waals surface area contributed by atoms with Crippen molar-refractivity contribution in [2.75, 3.05) is 6.61 Å². The van der Waals surface area contributed by atoms with Gasteiger partial charge in [-0.25, -0.2) is 0 Å². The van der Waals surface area contributed by atoms with Crippen LogP contribution in [0.15, 0.2) is 45.3 Å². The molecule has 2 aromatic carbocycles. The Hall–Kier alpha value is -0.880. The fourth-order valence-electron chi connectivity index (χ4n) is 2.73. The molecule has 3 N–H and O–H groups in total. The summed E-state index contributed by atoms with van der Waals surface area (Å²) < 4.78 is 7.94. The van der Waals surface area contributed by atoms with E-state index in [0.29, 0.717) is 0 Å². The van der Waals surface area contributed by atoms with Crippen molar-refractivity contribution in [3.8, 4) is 5.75 Å². The lowest BCUT2D eigenvalue weighted by molar-refractivity contribution is 0.351. The minimum absolute atomic E-state index is 0.0307. The van der Waals surface area contributed by atoms with Crippen molar-refractivity contribution < 1.29 is 4.74 Å². The first-order chi connectivity index (χ1) is 10.2. The molecule has 1 unspecified atom stereocenters. The molecule has 1 heterocycles. The average Bonchev–Trinajstić information content (AvgIpc) is 2.93. The molecule has 0 spiro atoms. The average molecular weight is 412 g/mol. The van der Waals surface area contributed by atoms with E-state index in [2.05, 4.69) is 55.5 Å². The first kappa shape index (κ1) is 15.0. The standard InChI is InChI=1S/C16H16Br2N2O/c17-12-7-10-5-6-21-16(10)11(8-12)9-15(20-19)13-3-1-2-4-14(13)18/h1-4,7-8,15,20H,5-6,9,19H2. The highest BCUT2D eigenvalue weighted by molar-refractivity contribution is 9.10. The van der Waals surface area contributed by atoms with Crippen molar-refractivity contribution in [2.24, 2.45) is 5.84 Å². The Morgan fingerprint density at radius 3 is 2.81 bits per heavy atom. The lowest BCUT2D eigenvalue weighted by atomic mass is 9.97. The predicted molar refractivity (Wildman–Crippen MR) is 91.3 cm³/mol. The summed E-state index contributed by atoms with van der Waals surface area (Å²) in [7, 11) is 0. The molecular formula is C16H16Br2N2O. The van der Waals surface area contributed by atoms with E-state index in [1.54, 1.807) is 0 Å². The van der Waals surface area contributed by atoms with Gasteiger partial charge < -0.3 is 4.74 Å². The Bertz CT molecular complexity index is 661. The summed E-state index contributed by atoms with van der Waals surface area (Å²) in [6.07, 6.45) is 1.75. The van der Waals surface area contributed by atoms with E-state index in [1.807, 2.05) is 18.2 Å². The summed E-state index contributed by atoms with van der Waals surface area (Å²) in [5, 5.41) is 0. The van der Waals surface area contributed by atoms with Crippen LogP contribution in [0.1, 0.15) is 22.7 Å². The third kappa shape index (κ3) is 3.16. The van der Waals surface area contributed by atoms with Gasteiger partial charge in [-0.15, -0.1) is 0 Å². The van der Waals surface area contributed by atoms with Crippen LogP contribution >= 0.6 is 31.9 Å². The summed E-state index contributed by atoms with van der Waals surface area (Å²) in [4.78, 5) is 0. The SMILES string of the molecule is NNC(Cc1cc(Br)cc2c1OCC2)c1ccccc1Br. The van der Waals surface area contributed by atoms with Gasteiger partial charge in [0.15, 0.2) is 0 Å². The number of hydrazine groups is 1. The maximum absolute atomic E-state index is 5.79. The lowest BCUT2D eigenvalue weighted by Gasteiger charge is -2.19. The number of nitrogens with one attached hydrogen (secondary N) is 1. The molecule has 0 aromatic heterocycles. The van der Waals surface area contributed by atoms with Crippen molar-refractivity contribution in [3.63, 3.8) is 0 Å². The van der Waals surface area contributed by atoms with Crippen LogP contribution in [0.3, 0.4) is 0 Å². The molecule has 2 aromatic rings. The lowest BCUT2D eigenvalue weighted by Crippen LogP contribution is -2.30. The van der Waals surface area contributed by atoms with Gasteiger partial charge in [-0.1, -0.05) is 50.1 Å². The van der Waals surface area contributed by atoms with Crippen molar-refractivity contribution in [1.82, 2.24) is 5.43 Å². The Balaban J connectivity index is 1.94. The molecule has 5 heteroatoms. The summed E-state index contributed by atoms with van der Waals surface area (Å²) in [5.41, 5.74) is 6.51. The van der Waals surface area contributed by atoms with E-state index >= 15 is 0 Å². The zero-order valence-electron chi connectivity index (χ0n) is 11.4. The van der Waals surface area contributed by atoms with E-state index in [-0.39, 0.29) is 6.04 Å². The minimum atomic E-state index is 0.0307. The van der Waals surface area contributed by atoms with Gasteiger partial charge in [0.25, 0.3) is 0 Å². The molecule has 0 saturated heterocycles.